The number of hydrogen-bond donors (Lipinski definition) is 2. The third-order valence-corrected chi connectivity index (χ3v) is 4.95. The van der Waals surface area contributed by atoms with Crippen LogP contribution in [-0.2, 0) is 4.79 Å². The van der Waals surface area contributed by atoms with E-state index < -0.39 is 0 Å². The summed E-state index contributed by atoms with van der Waals surface area (Å²) in [5.74, 6) is 1.28. The zero-order valence-electron chi connectivity index (χ0n) is 14.0. The van der Waals surface area contributed by atoms with Gasteiger partial charge in [-0.2, -0.15) is 0 Å². The second-order valence-electron chi connectivity index (χ2n) is 6.69. The Hall–Kier alpha value is -1.75. The number of piperidine rings is 1. The van der Waals surface area contributed by atoms with E-state index in [1.165, 1.54) is 0 Å². The Morgan fingerprint density at radius 2 is 2.17 bits per heavy atom. The van der Waals surface area contributed by atoms with E-state index in [4.69, 9.17) is 4.74 Å². The Morgan fingerprint density at radius 1 is 1.35 bits per heavy atom. The summed E-state index contributed by atoms with van der Waals surface area (Å²) in [6.45, 7) is 4.90. The maximum absolute atomic E-state index is 12.5. The predicted molar refractivity (Wildman–Crippen MR) is 91.9 cm³/mol. The average Bonchev–Trinajstić information content (AvgIpc) is 3.03. The second kappa shape index (κ2) is 7.21. The zero-order valence-corrected chi connectivity index (χ0v) is 14.0. The van der Waals surface area contributed by atoms with Gasteiger partial charge in [0.2, 0.25) is 5.91 Å². The summed E-state index contributed by atoms with van der Waals surface area (Å²) in [5.41, 5.74) is 1.11. The molecule has 23 heavy (non-hydrogen) atoms. The van der Waals surface area contributed by atoms with E-state index in [2.05, 4.69) is 28.5 Å². The van der Waals surface area contributed by atoms with E-state index in [0.29, 0.717) is 6.04 Å². The van der Waals surface area contributed by atoms with Gasteiger partial charge >= 0.3 is 0 Å². The molecule has 0 saturated carbocycles. The first-order valence-corrected chi connectivity index (χ1v) is 8.59. The van der Waals surface area contributed by atoms with Gasteiger partial charge in [0, 0.05) is 31.1 Å². The summed E-state index contributed by atoms with van der Waals surface area (Å²) < 4.78 is 5.45. The molecule has 1 aromatic rings. The van der Waals surface area contributed by atoms with Crippen LogP contribution in [0.25, 0.3) is 0 Å². The molecule has 0 aromatic heterocycles. The van der Waals surface area contributed by atoms with Gasteiger partial charge in [0.05, 0.1) is 12.8 Å². The minimum Gasteiger partial charge on any atom is -0.495 e. The van der Waals surface area contributed by atoms with Crippen LogP contribution in [0.2, 0.25) is 0 Å². The van der Waals surface area contributed by atoms with Crippen LogP contribution in [-0.4, -0.2) is 44.7 Å². The Balaban J connectivity index is 1.56. The summed E-state index contributed by atoms with van der Waals surface area (Å²) in [6.07, 6.45) is 2.87. The van der Waals surface area contributed by atoms with Crippen LogP contribution in [0.1, 0.15) is 26.2 Å². The van der Waals surface area contributed by atoms with Crippen molar-refractivity contribution in [3.8, 4) is 5.75 Å². The van der Waals surface area contributed by atoms with Crippen LogP contribution < -0.4 is 20.3 Å². The van der Waals surface area contributed by atoms with Crippen molar-refractivity contribution in [3.63, 3.8) is 0 Å². The molecule has 2 aliphatic heterocycles. The fourth-order valence-electron chi connectivity index (χ4n) is 3.68. The highest BCUT2D eigenvalue weighted by Gasteiger charge is 2.30. The highest BCUT2D eigenvalue weighted by atomic mass is 16.5. The molecule has 2 fully saturated rings. The molecule has 0 aliphatic carbocycles. The van der Waals surface area contributed by atoms with E-state index in [-0.39, 0.29) is 17.9 Å². The van der Waals surface area contributed by atoms with Crippen molar-refractivity contribution in [1.29, 1.82) is 0 Å². The van der Waals surface area contributed by atoms with Gasteiger partial charge in [0.1, 0.15) is 5.75 Å². The first kappa shape index (κ1) is 16.1. The number of nitrogens with zero attached hydrogens (tertiary/aromatic N) is 1. The Labute approximate surface area is 138 Å². The zero-order chi connectivity index (χ0) is 16.2. The summed E-state index contributed by atoms with van der Waals surface area (Å²) >= 11 is 0. The lowest BCUT2D eigenvalue weighted by Crippen LogP contribution is -2.46. The second-order valence-corrected chi connectivity index (χ2v) is 6.69. The van der Waals surface area contributed by atoms with Gasteiger partial charge in [-0.15, -0.1) is 0 Å². The molecule has 2 N–H and O–H groups in total. The number of para-hydroxylation sites is 2. The van der Waals surface area contributed by atoms with Crippen molar-refractivity contribution < 1.29 is 9.53 Å². The third-order valence-electron chi connectivity index (χ3n) is 4.95. The Morgan fingerprint density at radius 3 is 2.96 bits per heavy atom. The van der Waals surface area contributed by atoms with Crippen molar-refractivity contribution in [3.05, 3.63) is 24.3 Å². The lowest BCUT2D eigenvalue weighted by Gasteiger charge is -2.28. The molecule has 2 heterocycles. The topological polar surface area (TPSA) is 53.6 Å². The van der Waals surface area contributed by atoms with Gasteiger partial charge in [-0.25, -0.2) is 0 Å². The quantitative estimate of drug-likeness (QED) is 0.889. The van der Waals surface area contributed by atoms with Gasteiger partial charge in [-0.05, 0) is 44.9 Å². The monoisotopic (exact) mass is 317 g/mol. The normalized spacial score (nSPS) is 27.7. The molecular formula is C18H27N3O2. The SMILES string of the molecule is COc1ccccc1N1CCC(NC(=O)[C@H]2CCN[C@@H](C)C2)C1. The van der Waals surface area contributed by atoms with Crippen molar-refractivity contribution in [1.82, 2.24) is 10.6 Å². The Bertz CT molecular complexity index is 549. The number of benzene rings is 1. The summed E-state index contributed by atoms with van der Waals surface area (Å²) in [7, 11) is 1.70. The lowest BCUT2D eigenvalue weighted by molar-refractivity contribution is -0.126. The molecule has 3 atom stereocenters. The number of ether oxygens (including phenoxy) is 1. The van der Waals surface area contributed by atoms with Gasteiger partial charge in [-0.1, -0.05) is 12.1 Å². The number of rotatable bonds is 4. The molecule has 0 bridgehead atoms. The first-order chi connectivity index (χ1) is 11.2. The number of amides is 1. The van der Waals surface area contributed by atoms with E-state index in [9.17, 15) is 4.79 Å². The standard InChI is InChI=1S/C18H27N3O2/c1-13-11-14(7-9-19-13)18(22)20-15-8-10-21(12-15)16-5-3-4-6-17(16)23-2/h3-6,13-15,19H,7-12H2,1-2H3,(H,20,22)/t13-,14-,15?/m0/s1. The Kier molecular flexibility index (Phi) is 5.06. The van der Waals surface area contributed by atoms with Crippen molar-refractivity contribution in [2.45, 2.75) is 38.3 Å². The minimum atomic E-state index is 0.159. The molecule has 5 heteroatoms. The lowest BCUT2D eigenvalue weighted by atomic mass is 9.92. The van der Waals surface area contributed by atoms with Crippen molar-refractivity contribution in [2.75, 3.05) is 31.6 Å². The summed E-state index contributed by atoms with van der Waals surface area (Å²) in [5, 5.41) is 6.66. The van der Waals surface area contributed by atoms with Crippen LogP contribution in [0.3, 0.4) is 0 Å². The maximum Gasteiger partial charge on any atom is 0.223 e. The fourth-order valence-corrected chi connectivity index (χ4v) is 3.68. The number of nitrogens with one attached hydrogen (secondary N) is 2. The highest BCUT2D eigenvalue weighted by Crippen LogP contribution is 2.30. The molecule has 1 aromatic carbocycles. The smallest absolute Gasteiger partial charge is 0.223 e. The van der Waals surface area contributed by atoms with Gasteiger partial charge in [-0.3, -0.25) is 4.79 Å². The van der Waals surface area contributed by atoms with Crippen LogP contribution in [0.4, 0.5) is 5.69 Å². The van der Waals surface area contributed by atoms with Crippen LogP contribution in [0.5, 0.6) is 5.75 Å². The number of methoxy groups -OCH3 is 1. The van der Waals surface area contributed by atoms with E-state index in [1.807, 2.05) is 18.2 Å². The number of carbonyl (C=O) groups excluding carboxylic acids is 1. The summed E-state index contributed by atoms with van der Waals surface area (Å²) in [4.78, 5) is 14.8. The average molecular weight is 317 g/mol. The largest absolute Gasteiger partial charge is 0.495 e. The molecule has 0 radical (unpaired) electrons. The van der Waals surface area contributed by atoms with Crippen LogP contribution in [0.15, 0.2) is 24.3 Å². The third kappa shape index (κ3) is 3.78. The highest BCUT2D eigenvalue weighted by molar-refractivity contribution is 5.79. The first-order valence-electron chi connectivity index (χ1n) is 8.59. The van der Waals surface area contributed by atoms with Gasteiger partial charge in [0.25, 0.3) is 0 Å². The van der Waals surface area contributed by atoms with Crippen LogP contribution >= 0.6 is 0 Å². The fraction of sp³-hybridized carbons (Fsp3) is 0.611. The maximum atomic E-state index is 12.5. The molecular weight excluding hydrogens is 290 g/mol. The molecule has 1 unspecified atom stereocenters. The molecule has 3 rings (SSSR count). The van der Waals surface area contributed by atoms with Gasteiger partial charge < -0.3 is 20.3 Å². The number of carbonyl (C=O) groups is 1. The van der Waals surface area contributed by atoms with E-state index in [1.54, 1.807) is 7.11 Å². The number of anilines is 1. The summed E-state index contributed by atoms with van der Waals surface area (Å²) in [6, 6.07) is 8.75. The molecule has 2 saturated heterocycles. The molecule has 5 nitrogen and oxygen atoms in total. The van der Waals surface area contributed by atoms with Gasteiger partial charge in [0.15, 0.2) is 0 Å². The molecule has 1 amide bonds. The molecule has 0 spiro atoms. The predicted octanol–water partition coefficient (Wildman–Crippen LogP) is 1.78. The minimum absolute atomic E-state index is 0.159. The van der Waals surface area contributed by atoms with E-state index in [0.717, 1.165) is 50.3 Å². The molecule has 126 valence electrons. The van der Waals surface area contributed by atoms with Crippen LogP contribution in [0, 0.1) is 5.92 Å². The van der Waals surface area contributed by atoms with E-state index >= 15 is 0 Å². The van der Waals surface area contributed by atoms with Crippen molar-refractivity contribution in [2.24, 2.45) is 5.92 Å². The van der Waals surface area contributed by atoms with Crippen molar-refractivity contribution >= 4 is 11.6 Å². The number of hydrogen-bond acceptors (Lipinski definition) is 4. The molecule has 2 aliphatic rings.